The number of azide groups is 1. The van der Waals surface area contributed by atoms with Crippen LogP contribution in [0.4, 0.5) is 0 Å². The molecule has 196 valence electrons. The molecule has 3 N–H and O–H groups in total. The number of rotatable bonds is 11. The molecule has 2 unspecified atom stereocenters. The predicted octanol–water partition coefficient (Wildman–Crippen LogP) is 0.239. The van der Waals surface area contributed by atoms with Gasteiger partial charge in [0.1, 0.15) is 23.7 Å². The number of aromatic amines is 1. The maximum Gasteiger partial charge on any atom is 0.532 e. The third-order valence-corrected chi connectivity index (χ3v) is 5.93. The zero-order valence-corrected chi connectivity index (χ0v) is 20.4. The maximum atomic E-state index is 12.6. The monoisotopic (exact) mass is 522 g/mol. The molecule has 1 aromatic rings. The lowest BCUT2D eigenvalue weighted by Crippen LogP contribution is -2.43. The summed E-state index contributed by atoms with van der Waals surface area (Å²) in [6.45, 7) is 4.72. The number of hydroxylamine groups is 2. The minimum atomic E-state index is -5.23. The van der Waals surface area contributed by atoms with Crippen molar-refractivity contribution in [2.45, 2.75) is 58.0 Å². The van der Waals surface area contributed by atoms with Gasteiger partial charge in [0, 0.05) is 30.1 Å². The predicted molar refractivity (Wildman–Crippen MR) is 115 cm³/mol. The lowest BCUT2D eigenvalue weighted by atomic mass is 10.1. The molecule has 0 aromatic carbocycles. The number of nitrogens with one attached hydrogen (secondary N) is 1. The number of hydrogen-bond acceptors (Lipinski definition) is 12. The van der Waals surface area contributed by atoms with Gasteiger partial charge < -0.3 is 24.0 Å². The van der Waals surface area contributed by atoms with E-state index in [4.69, 9.17) is 24.5 Å². The lowest BCUT2D eigenvalue weighted by molar-refractivity contribution is -0.196. The van der Waals surface area contributed by atoms with Crippen LogP contribution >= 0.6 is 7.82 Å². The second-order valence-corrected chi connectivity index (χ2v) is 9.21. The summed E-state index contributed by atoms with van der Waals surface area (Å²) >= 11 is 0. The van der Waals surface area contributed by atoms with E-state index in [1.54, 1.807) is 13.8 Å². The van der Waals surface area contributed by atoms with Crippen LogP contribution in [0.5, 0.6) is 0 Å². The van der Waals surface area contributed by atoms with E-state index in [9.17, 15) is 28.9 Å². The number of nitrogens with zero attached hydrogens (tertiary/aromatic N) is 5. The lowest BCUT2D eigenvalue weighted by Gasteiger charge is -2.29. The van der Waals surface area contributed by atoms with Crippen molar-refractivity contribution in [2.24, 2.45) is 11.2 Å². The fourth-order valence-electron chi connectivity index (χ4n) is 3.37. The third-order valence-electron chi connectivity index (χ3n) is 5.04. The van der Waals surface area contributed by atoms with Crippen molar-refractivity contribution in [1.82, 2.24) is 14.6 Å². The number of aromatic nitrogens is 2. The first-order valence-corrected chi connectivity index (χ1v) is 11.7. The normalized spacial score (nSPS) is 23.4. The van der Waals surface area contributed by atoms with Crippen molar-refractivity contribution in [3.05, 3.63) is 43.0 Å². The van der Waals surface area contributed by atoms with Crippen molar-refractivity contribution in [2.75, 3.05) is 14.2 Å². The molecule has 2 rings (SSSR count). The van der Waals surface area contributed by atoms with Gasteiger partial charge in [0.05, 0.1) is 13.2 Å². The van der Waals surface area contributed by atoms with Gasteiger partial charge in [0.25, 0.3) is 5.56 Å². The highest BCUT2D eigenvalue weighted by Crippen LogP contribution is 2.47. The van der Waals surface area contributed by atoms with Gasteiger partial charge in [-0.25, -0.2) is 18.7 Å². The molecule has 6 atom stereocenters. The van der Waals surface area contributed by atoms with Gasteiger partial charge in [-0.1, -0.05) is 13.8 Å². The molecule has 0 radical (unpaired) electrons. The molecule has 0 amide bonds. The number of likely N-dealkylation sites (N-methyl/N-ethyl adjacent to an activating group) is 1. The fraction of sp³-hybridized carbons (Fsp3) is 0.706. The molecule has 1 aromatic heterocycles. The van der Waals surface area contributed by atoms with Crippen LogP contribution in [-0.2, 0) is 32.8 Å². The molecule has 18 heteroatoms. The Morgan fingerprint density at radius 2 is 2.11 bits per heavy atom. The highest BCUT2D eigenvalue weighted by molar-refractivity contribution is 7.48. The topological polar surface area (TPSA) is 228 Å². The summed E-state index contributed by atoms with van der Waals surface area (Å²) in [5, 5.41) is 14.4. The number of ether oxygens (including phenoxy) is 1. The molecule has 0 spiro atoms. The van der Waals surface area contributed by atoms with Crippen LogP contribution in [0.25, 0.3) is 10.4 Å². The third kappa shape index (κ3) is 7.13. The van der Waals surface area contributed by atoms with Gasteiger partial charge >= 0.3 is 19.5 Å². The van der Waals surface area contributed by atoms with Gasteiger partial charge in [0.2, 0.25) is 6.29 Å². The number of aliphatic hydroxyl groups is 1. The van der Waals surface area contributed by atoms with Crippen molar-refractivity contribution in [3.8, 4) is 0 Å². The Kier molecular flexibility index (Phi) is 9.60. The Balaban J connectivity index is 2.25. The van der Waals surface area contributed by atoms with Crippen LogP contribution in [0.2, 0.25) is 0 Å². The molecular formula is C17H27N6O11P. The summed E-state index contributed by atoms with van der Waals surface area (Å²) in [7, 11) is -2.54. The Labute approximate surface area is 198 Å². The van der Waals surface area contributed by atoms with Gasteiger partial charge in [0.15, 0.2) is 0 Å². The maximum absolute atomic E-state index is 12.6. The Morgan fingerprint density at radius 1 is 1.46 bits per heavy atom. The zero-order chi connectivity index (χ0) is 26.5. The number of carbonyl (C=O) groups is 1. The number of H-pyrrole nitrogens is 1. The van der Waals surface area contributed by atoms with E-state index in [0.717, 1.165) is 9.63 Å². The molecule has 1 aliphatic heterocycles. The van der Waals surface area contributed by atoms with Crippen molar-refractivity contribution in [3.63, 3.8) is 0 Å². The number of hydrogen-bond donors (Lipinski definition) is 3. The molecule has 1 aliphatic rings. The van der Waals surface area contributed by atoms with Crippen LogP contribution in [0.3, 0.4) is 0 Å². The first-order chi connectivity index (χ1) is 16.3. The standard InChI is InChI=1S/C17H27N6O11P/c1-8(2)12(22(4)30-5)15(26)33-35(28,29)34-16(32-21-20-18)13-10(24)6-11(31-13)23-7-9(3)14(25)19-17(23)27/h7-8,10-13,16,24H,6H2,1-5H3,(H,28,29)(H,19,25,27)/t10-,11+,12-,13-,16?/m0/s1. The first-order valence-electron chi connectivity index (χ1n) is 10.2. The number of aliphatic hydroxyl groups excluding tert-OH is 1. The Morgan fingerprint density at radius 3 is 2.69 bits per heavy atom. The van der Waals surface area contributed by atoms with Gasteiger partial charge in [-0.2, -0.15) is 5.06 Å². The quantitative estimate of drug-likeness (QED) is 0.0886. The van der Waals surface area contributed by atoms with Crippen molar-refractivity contribution in [1.29, 1.82) is 0 Å². The molecule has 0 saturated carbocycles. The van der Waals surface area contributed by atoms with Crippen LogP contribution < -0.4 is 11.2 Å². The minimum absolute atomic E-state index is 0.178. The number of aryl methyl sites for hydroxylation is 1. The Bertz CT molecular complexity index is 1120. The summed E-state index contributed by atoms with van der Waals surface area (Å²) in [5.41, 5.74) is 7.30. The van der Waals surface area contributed by atoms with E-state index >= 15 is 0 Å². The number of phosphoric ester groups is 1. The fourth-order valence-corrected chi connectivity index (χ4v) is 4.17. The zero-order valence-electron chi connectivity index (χ0n) is 19.5. The Hall–Kier alpha value is -2.75. The second-order valence-electron chi connectivity index (χ2n) is 7.88. The summed E-state index contributed by atoms with van der Waals surface area (Å²) in [6.07, 6.45) is -5.27. The summed E-state index contributed by atoms with van der Waals surface area (Å²) < 4.78 is 28.6. The van der Waals surface area contributed by atoms with Gasteiger partial charge in [-0.3, -0.25) is 19.2 Å². The highest BCUT2D eigenvalue weighted by atomic mass is 31.2. The molecule has 1 fully saturated rings. The van der Waals surface area contributed by atoms with E-state index < -0.39 is 61.7 Å². The summed E-state index contributed by atoms with van der Waals surface area (Å²) in [4.78, 5) is 60.5. The largest absolute Gasteiger partial charge is 0.532 e. The second kappa shape index (κ2) is 11.8. The first kappa shape index (κ1) is 28.5. The highest BCUT2D eigenvalue weighted by Gasteiger charge is 2.47. The summed E-state index contributed by atoms with van der Waals surface area (Å²) in [6, 6.07) is -1.09. The average molecular weight is 522 g/mol. The van der Waals surface area contributed by atoms with Crippen LogP contribution in [0.1, 0.15) is 32.1 Å². The van der Waals surface area contributed by atoms with E-state index in [1.807, 2.05) is 0 Å². The smallest absolute Gasteiger partial charge is 0.399 e. The van der Waals surface area contributed by atoms with Crippen molar-refractivity contribution < 1.29 is 42.8 Å². The molecule has 17 nitrogen and oxygen atoms in total. The van der Waals surface area contributed by atoms with E-state index in [1.165, 1.54) is 27.3 Å². The van der Waals surface area contributed by atoms with E-state index in [2.05, 4.69) is 19.7 Å². The number of carbonyl (C=O) groups excluding carboxylic acids is 1. The van der Waals surface area contributed by atoms with Crippen LogP contribution in [0.15, 0.2) is 21.1 Å². The molecular weight excluding hydrogens is 495 g/mol. The average Bonchev–Trinajstić information content (AvgIpc) is 3.14. The summed E-state index contributed by atoms with van der Waals surface area (Å²) in [5.74, 6) is -1.57. The molecule has 0 bridgehead atoms. The SMILES string of the molecule is CON(C)[C@H](C(=O)OP(=O)(O)OC(ON=[N+]=[N-])[C@H]1O[C@@H](n2cc(C)c(=O)[nH]c2=O)C[C@@H]1O)C(C)C. The minimum Gasteiger partial charge on any atom is -0.399 e. The van der Waals surface area contributed by atoms with E-state index in [-0.39, 0.29) is 12.0 Å². The van der Waals surface area contributed by atoms with Crippen LogP contribution in [0, 0.1) is 12.8 Å². The molecule has 0 aliphatic carbocycles. The molecule has 2 heterocycles. The van der Waals surface area contributed by atoms with Gasteiger partial charge in [-0.05, 0) is 18.4 Å². The van der Waals surface area contributed by atoms with E-state index in [0.29, 0.717) is 0 Å². The van der Waals surface area contributed by atoms with Crippen molar-refractivity contribution >= 4 is 13.8 Å². The number of phosphoric acid groups is 1. The van der Waals surface area contributed by atoms with Crippen LogP contribution in [-0.4, -0.2) is 69.3 Å². The molecule has 1 saturated heterocycles. The molecule has 35 heavy (non-hydrogen) atoms. The van der Waals surface area contributed by atoms with Gasteiger partial charge in [-0.15, -0.1) is 0 Å².